The van der Waals surface area contributed by atoms with Crippen molar-refractivity contribution in [1.82, 2.24) is 10.9 Å². The third kappa shape index (κ3) is 4.82. The van der Waals surface area contributed by atoms with Crippen molar-refractivity contribution in [3.63, 3.8) is 0 Å². The van der Waals surface area contributed by atoms with E-state index in [1.165, 1.54) is 0 Å². The molecule has 0 aliphatic carbocycles. The monoisotopic (exact) mass is 310 g/mol. The Morgan fingerprint density at radius 2 is 1.39 bits per heavy atom. The van der Waals surface area contributed by atoms with Crippen LogP contribution in [0.5, 0.6) is 0 Å². The second-order valence-corrected chi connectivity index (χ2v) is 4.56. The SMILES string of the molecule is O=C(O)/C=C/C(=O)NNC(=O)c1ccc(-c2ccccc2)cc1. The van der Waals surface area contributed by atoms with Crippen LogP contribution in [0.15, 0.2) is 66.7 Å². The van der Waals surface area contributed by atoms with Gasteiger partial charge in [-0.3, -0.25) is 20.4 Å². The summed E-state index contributed by atoms with van der Waals surface area (Å²) in [4.78, 5) is 33.4. The van der Waals surface area contributed by atoms with Gasteiger partial charge in [-0.2, -0.15) is 0 Å². The summed E-state index contributed by atoms with van der Waals surface area (Å²) in [5.41, 5.74) is 6.66. The first kappa shape index (κ1) is 16.0. The van der Waals surface area contributed by atoms with Crippen LogP contribution in [0.3, 0.4) is 0 Å². The molecule has 0 spiro atoms. The van der Waals surface area contributed by atoms with Crippen LogP contribution in [0.25, 0.3) is 11.1 Å². The Kier molecular flexibility index (Phi) is 5.25. The zero-order valence-electron chi connectivity index (χ0n) is 12.0. The molecule has 0 fully saturated rings. The number of carbonyl (C=O) groups excluding carboxylic acids is 2. The summed E-state index contributed by atoms with van der Waals surface area (Å²) in [5.74, 6) is -2.48. The Morgan fingerprint density at radius 3 is 2.00 bits per heavy atom. The summed E-state index contributed by atoms with van der Waals surface area (Å²) in [7, 11) is 0. The van der Waals surface area contributed by atoms with Gasteiger partial charge in [0.05, 0.1) is 0 Å². The lowest BCUT2D eigenvalue weighted by atomic mass is 10.0. The molecule has 2 aromatic rings. The van der Waals surface area contributed by atoms with Gasteiger partial charge in [-0.05, 0) is 23.3 Å². The minimum atomic E-state index is -1.25. The fourth-order valence-electron chi connectivity index (χ4n) is 1.82. The first-order valence-electron chi connectivity index (χ1n) is 6.73. The van der Waals surface area contributed by atoms with Gasteiger partial charge in [0.2, 0.25) is 0 Å². The van der Waals surface area contributed by atoms with E-state index in [1.54, 1.807) is 24.3 Å². The van der Waals surface area contributed by atoms with Crippen LogP contribution in [0.1, 0.15) is 10.4 Å². The highest BCUT2D eigenvalue weighted by Gasteiger charge is 2.06. The second kappa shape index (κ2) is 7.56. The van der Waals surface area contributed by atoms with E-state index in [1.807, 2.05) is 30.3 Å². The Balaban J connectivity index is 1.95. The van der Waals surface area contributed by atoms with Gasteiger partial charge in [0, 0.05) is 17.7 Å². The number of hydrazine groups is 1. The van der Waals surface area contributed by atoms with E-state index in [9.17, 15) is 14.4 Å². The van der Waals surface area contributed by atoms with E-state index in [0.29, 0.717) is 11.6 Å². The molecule has 2 aromatic carbocycles. The summed E-state index contributed by atoms with van der Waals surface area (Å²) in [6.45, 7) is 0. The largest absolute Gasteiger partial charge is 0.478 e. The molecule has 0 heterocycles. The van der Waals surface area contributed by atoms with Crippen molar-refractivity contribution in [2.45, 2.75) is 0 Å². The molecule has 0 aliphatic heterocycles. The van der Waals surface area contributed by atoms with Crippen LogP contribution in [0, 0.1) is 0 Å². The van der Waals surface area contributed by atoms with Gasteiger partial charge >= 0.3 is 5.97 Å². The van der Waals surface area contributed by atoms with Gasteiger partial charge < -0.3 is 5.11 Å². The zero-order valence-corrected chi connectivity index (χ0v) is 12.0. The molecule has 6 heteroatoms. The highest BCUT2D eigenvalue weighted by atomic mass is 16.4. The number of amides is 2. The molecule has 3 N–H and O–H groups in total. The number of nitrogens with one attached hydrogen (secondary N) is 2. The molecular weight excluding hydrogens is 296 g/mol. The van der Waals surface area contributed by atoms with Gasteiger partial charge in [0.25, 0.3) is 11.8 Å². The molecule has 0 bridgehead atoms. The average Bonchev–Trinajstić information content (AvgIpc) is 2.58. The first-order chi connectivity index (χ1) is 11.1. The zero-order chi connectivity index (χ0) is 16.7. The van der Waals surface area contributed by atoms with Crippen molar-refractivity contribution in [2.75, 3.05) is 0 Å². The predicted molar refractivity (Wildman–Crippen MR) is 84.3 cm³/mol. The highest BCUT2D eigenvalue weighted by molar-refractivity contribution is 5.98. The van der Waals surface area contributed by atoms with Crippen LogP contribution >= 0.6 is 0 Å². The number of hydrogen-bond donors (Lipinski definition) is 3. The summed E-state index contributed by atoms with van der Waals surface area (Å²) in [6.07, 6.45) is 1.48. The third-order valence-corrected chi connectivity index (χ3v) is 2.93. The topological polar surface area (TPSA) is 95.5 Å². The van der Waals surface area contributed by atoms with Crippen molar-refractivity contribution >= 4 is 17.8 Å². The molecule has 23 heavy (non-hydrogen) atoms. The minimum absolute atomic E-state index is 0.368. The van der Waals surface area contributed by atoms with Gasteiger partial charge in [-0.15, -0.1) is 0 Å². The van der Waals surface area contributed by atoms with Gasteiger partial charge in [0.1, 0.15) is 0 Å². The molecule has 0 saturated carbocycles. The van der Waals surface area contributed by atoms with Gasteiger partial charge in [-0.25, -0.2) is 4.79 Å². The van der Waals surface area contributed by atoms with E-state index >= 15 is 0 Å². The van der Waals surface area contributed by atoms with Crippen LogP contribution in [-0.2, 0) is 9.59 Å². The number of rotatable bonds is 4. The first-order valence-corrected chi connectivity index (χ1v) is 6.73. The lowest BCUT2D eigenvalue weighted by Crippen LogP contribution is -2.40. The molecule has 0 saturated heterocycles. The number of aliphatic carboxylic acids is 1. The molecule has 2 amide bonds. The van der Waals surface area contributed by atoms with Crippen LogP contribution in [0.2, 0.25) is 0 Å². The minimum Gasteiger partial charge on any atom is -0.478 e. The lowest BCUT2D eigenvalue weighted by molar-refractivity contribution is -0.131. The molecule has 116 valence electrons. The van der Waals surface area contributed by atoms with E-state index in [4.69, 9.17) is 5.11 Å². The Morgan fingerprint density at radius 1 is 0.783 bits per heavy atom. The van der Waals surface area contributed by atoms with Crippen LogP contribution in [-0.4, -0.2) is 22.9 Å². The highest BCUT2D eigenvalue weighted by Crippen LogP contribution is 2.19. The quantitative estimate of drug-likeness (QED) is 0.592. The van der Waals surface area contributed by atoms with Gasteiger partial charge in [-0.1, -0.05) is 42.5 Å². The van der Waals surface area contributed by atoms with Crippen LogP contribution in [0.4, 0.5) is 0 Å². The average molecular weight is 310 g/mol. The van der Waals surface area contributed by atoms with Crippen molar-refractivity contribution in [3.8, 4) is 11.1 Å². The van der Waals surface area contributed by atoms with Gasteiger partial charge in [0.15, 0.2) is 0 Å². The van der Waals surface area contributed by atoms with E-state index in [0.717, 1.165) is 17.2 Å². The number of carboxylic acids is 1. The molecule has 0 unspecified atom stereocenters. The molecule has 0 aliphatic rings. The van der Waals surface area contributed by atoms with Crippen LogP contribution < -0.4 is 10.9 Å². The number of hydrogen-bond acceptors (Lipinski definition) is 3. The fourth-order valence-corrected chi connectivity index (χ4v) is 1.82. The Bertz CT molecular complexity index is 737. The maximum atomic E-state index is 11.9. The van der Waals surface area contributed by atoms with E-state index in [-0.39, 0.29) is 0 Å². The second-order valence-electron chi connectivity index (χ2n) is 4.56. The molecule has 0 aromatic heterocycles. The van der Waals surface area contributed by atoms with E-state index < -0.39 is 17.8 Å². The molecular formula is C17H14N2O4. The van der Waals surface area contributed by atoms with Crippen molar-refractivity contribution in [3.05, 3.63) is 72.3 Å². The normalized spacial score (nSPS) is 10.3. The summed E-state index contributed by atoms with van der Waals surface area (Å²) in [6, 6.07) is 16.6. The molecule has 0 radical (unpaired) electrons. The standard InChI is InChI=1S/C17H14N2O4/c20-15(10-11-16(21)22)18-19-17(23)14-8-6-13(7-9-14)12-4-2-1-3-5-12/h1-11H,(H,18,20)(H,19,23)(H,21,22)/b11-10+. The number of carboxylic acid groups (broad SMARTS) is 1. The number of carbonyl (C=O) groups is 3. The Labute approximate surface area is 132 Å². The van der Waals surface area contributed by atoms with E-state index in [2.05, 4.69) is 10.9 Å². The third-order valence-electron chi connectivity index (χ3n) is 2.93. The van der Waals surface area contributed by atoms with Crippen molar-refractivity contribution in [1.29, 1.82) is 0 Å². The smallest absolute Gasteiger partial charge is 0.328 e. The van der Waals surface area contributed by atoms with Crippen molar-refractivity contribution < 1.29 is 19.5 Å². The fraction of sp³-hybridized carbons (Fsp3) is 0. The van der Waals surface area contributed by atoms with Crippen molar-refractivity contribution in [2.24, 2.45) is 0 Å². The lowest BCUT2D eigenvalue weighted by Gasteiger charge is -2.06. The maximum absolute atomic E-state index is 11.9. The number of benzene rings is 2. The predicted octanol–water partition coefficient (Wildman–Crippen LogP) is 1.76. The molecule has 2 rings (SSSR count). The summed E-state index contributed by atoms with van der Waals surface area (Å²) >= 11 is 0. The molecule has 6 nitrogen and oxygen atoms in total. The summed E-state index contributed by atoms with van der Waals surface area (Å²) < 4.78 is 0. The summed E-state index contributed by atoms with van der Waals surface area (Å²) in [5, 5.41) is 8.38. The maximum Gasteiger partial charge on any atom is 0.328 e. The Hall–Kier alpha value is -3.41. The molecule has 0 atom stereocenters.